The minimum Gasteiger partial charge on any atom is -0.492 e. The summed E-state index contributed by atoms with van der Waals surface area (Å²) in [7, 11) is 0. The van der Waals surface area contributed by atoms with Crippen LogP contribution in [-0.4, -0.2) is 18.2 Å². The summed E-state index contributed by atoms with van der Waals surface area (Å²) in [5, 5.41) is 0. The first-order chi connectivity index (χ1) is 8.51. The monoisotopic (exact) mass is 250 g/mol. The Kier molecular flexibility index (Phi) is 3.79. The molecule has 0 aromatic carbocycles. The first-order valence-corrected chi connectivity index (χ1v) is 6.69. The van der Waals surface area contributed by atoms with Crippen molar-refractivity contribution in [3.63, 3.8) is 0 Å². The van der Waals surface area contributed by atoms with E-state index in [4.69, 9.17) is 9.47 Å². The number of hydrogen-bond acceptors (Lipinski definition) is 3. The number of rotatable bonds is 2. The first kappa shape index (κ1) is 13.2. The van der Waals surface area contributed by atoms with Crippen LogP contribution in [0.1, 0.15) is 33.1 Å². The van der Waals surface area contributed by atoms with Crippen LogP contribution in [0.2, 0.25) is 0 Å². The maximum atomic E-state index is 11.4. The van der Waals surface area contributed by atoms with Gasteiger partial charge in [-0.05, 0) is 32.1 Å². The lowest BCUT2D eigenvalue weighted by atomic mass is 9.73. The number of allylic oxidation sites excluding steroid dienone is 1. The van der Waals surface area contributed by atoms with E-state index in [0.717, 1.165) is 25.0 Å². The number of carbonyl (C=O) groups excluding carboxylic acids is 1. The molecule has 2 fully saturated rings. The van der Waals surface area contributed by atoms with Crippen molar-refractivity contribution < 1.29 is 14.3 Å². The molecule has 100 valence electrons. The van der Waals surface area contributed by atoms with Gasteiger partial charge in [0, 0.05) is 17.9 Å². The Bertz CT molecular complexity index is 361. The third-order valence-corrected chi connectivity index (χ3v) is 4.12. The van der Waals surface area contributed by atoms with Crippen molar-refractivity contribution in [2.45, 2.75) is 45.3 Å². The summed E-state index contributed by atoms with van der Waals surface area (Å²) in [6, 6.07) is 0. The van der Waals surface area contributed by atoms with Crippen LogP contribution in [0.5, 0.6) is 0 Å². The van der Waals surface area contributed by atoms with Crippen LogP contribution in [0.4, 0.5) is 0 Å². The molecule has 0 spiro atoms. The molecular formula is C15H22O3. The molecule has 3 heteroatoms. The molecule has 0 amide bonds. The van der Waals surface area contributed by atoms with Gasteiger partial charge in [-0.1, -0.05) is 20.1 Å². The predicted molar refractivity (Wildman–Crippen MR) is 69.8 cm³/mol. The van der Waals surface area contributed by atoms with Gasteiger partial charge in [-0.3, -0.25) is 0 Å². The van der Waals surface area contributed by atoms with Gasteiger partial charge in [0.05, 0.1) is 5.76 Å². The molecule has 2 aliphatic rings. The fourth-order valence-corrected chi connectivity index (χ4v) is 3.35. The van der Waals surface area contributed by atoms with Crippen LogP contribution < -0.4 is 0 Å². The molecular weight excluding hydrogens is 228 g/mol. The summed E-state index contributed by atoms with van der Waals surface area (Å²) in [6.45, 7) is 11.7. The molecule has 5 atom stereocenters. The van der Waals surface area contributed by atoms with E-state index in [0.29, 0.717) is 17.8 Å². The minimum atomic E-state index is -0.363. The van der Waals surface area contributed by atoms with Crippen molar-refractivity contribution in [2.24, 2.45) is 17.8 Å². The van der Waals surface area contributed by atoms with E-state index in [9.17, 15) is 4.79 Å². The average Bonchev–Trinajstić information content (AvgIpc) is 2.40. The molecule has 2 bridgehead atoms. The zero-order valence-corrected chi connectivity index (χ0v) is 11.2. The Hall–Kier alpha value is -1.25. The standard InChI is InChI=1S/C15H22O3/c1-5-14(16)18-15-11(4)17-10(3)12-6-9(2)7-13(15)8-12/h5,9,11-13,15H,1,3,6-8H2,2,4H3. The highest BCUT2D eigenvalue weighted by molar-refractivity contribution is 5.81. The molecule has 1 saturated heterocycles. The van der Waals surface area contributed by atoms with Gasteiger partial charge < -0.3 is 9.47 Å². The van der Waals surface area contributed by atoms with Crippen molar-refractivity contribution in [1.82, 2.24) is 0 Å². The minimum absolute atomic E-state index is 0.123. The molecule has 0 N–H and O–H groups in total. The second-order valence-corrected chi connectivity index (χ2v) is 5.66. The van der Waals surface area contributed by atoms with E-state index in [1.165, 1.54) is 6.08 Å². The van der Waals surface area contributed by atoms with Gasteiger partial charge in [-0.15, -0.1) is 0 Å². The van der Waals surface area contributed by atoms with Gasteiger partial charge in [-0.2, -0.15) is 0 Å². The number of hydrogen-bond donors (Lipinski definition) is 0. The average molecular weight is 250 g/mol. The second-order valence-electron chi connectivity index (χ2n) is 5.66. The number of ether oxygens (including phenoxy) is 2. The second kappa shape index (κ2) is 5.17. The van der Waals surface area contributed by atoms with Gasteiger partial charge >= 0.3 is 5.97 Å². The summed E-state index contributed by atoms with van der Waals surface area (Å²) in [5.74, 6) is 1.91. The number of carbonyl (C=O) groups is 1. The third-order valence-electron chi connectivity index (χ3n) is 4.12. The largest absolute Gasteiger partial charge is 0.492 e. The van der Waals surface area contributed by atoms with Crippen LogP contribution in [0.15, 0.2) is 25.0 Å². The van der Waals surface area contributed by atoms with Gasteiger partial charge in [0.25, 0.3) is 0 Å². The molecule has 1 aliphatic carbocycles. The van der Waals surface area contributed by atoms with E-state index >= 15 is 0 Å². The smallest absolute Gasteiger partial charge is 0.330 e. The zero-order chi connectivity index (χ0) is 13.3. The molecule has 0 aromatic heterocycles. The van der Waals surface area contributed by atoms with E-state index < -0.39 is 0 Å². The quantitative estimate of drug-likeness (QED) is 0.558. The summed E-state index contributed by atoms with van der Waals surface area (Å²) in [6.07, 6.45) is 4.15. The fraction of sp³-hybridized carbons (Fsp3) is 0.667. The third kappa shape index (κ3) is 2.60. The lowest BCUT2D eigenvalue weighted by Crippen LogP contribution is -2.37. The summed E-state index contributed by atoms with van der Waals surface area (Å²) in [4.78, 5) is 11.4. The lowest BCUT2D eigenvalue weighted by molar-refractivity contribution is -0.153. The molecule has 2 rings (SSSR count). The zero-order valence-electron chi connectivity index (χ0n) is 11.2. The van der Waals surface area contributed by atoms with Gasteiger partial charge in [0.1, 0.15) is 12.2 Å². The predicted octanol–water partition coefficient (Wildman–Crippen LogP) is 3.07. The van der Waals surface area contributed by atoms with Gasteiger partial charge in [0.2, 0.25) is 0 Å². The van der Waals surface area contributed by atoms with Crippen LogP contribution >= 0.6 is 0 Å². The Morgan fingerprint density at radius 2 is 2.11 bits per heavy atom. The molecule has 0 aromatic rings. The maximum absolute atomic E-state index is 11.4. The number of esters is 1. The highest BCUT2D eigenvalue weighted by atomic mass is 16.6. The van der Waals surface area contributed by atoms with E-state index in [1.54, 1.807) is 0 Å². The SMILES string of the molecule is C=CC(=O)OC1C2CC(C)CC(C2)C(=C)OC1C. The first-order valence-electron chi connectivity index (χ1n) is 6.69. The van der Waals surface area contributed by atoms with Crippen molar-refractivity contribution in [1.29, 1.82) is 0 Å². The Labute approximate surface area is 109 Å². The fourth-order valence-electron chi connectivity index (χ4n) is 3.35. The molecule has 1 saturated carbocycles. The van der Waals surface area contributed by atoms with Crippen LogP contribution in [0.3, 0.4) is 0 Å². The van der Waals surface area contributed by atoms with Crippen molar-refractivity contribution in [3.05, 3.63) is 25.0 Å². The normalized spacial score (nSPS) is 39.4. The summed E-state index contributed by atoms with van der Waals surface area (Å²) < 4.78 is 11.3. The van der Waals surface area contributed by atoms with Crippen LogP contribution in [0.25, 0.3) is 0 Å². The lowest BCUT2D eigenvalue weighted by Gasteiger charge is -2.34. The summed E-state index contributed by atoms with van der Waals surface area (Å²) in [5.41, 5.74) is 0. The van der Waals surface area contributed by atoms with Crippen molar-refractivity contribution in [2.75, 3.05) is 0 Å². The molecule has 3 nitrogen and oxygen atoms in total. The highest BCUT2D eigenvalue weighted by Gasteiger charge is 2.41. The van der Waals surface area contributed by atoms with Crippen molar-refractivity contribution >= 4 is 5.97 Å². The van der Waals surface area contributed by atoms with Gasteiger partial charge in [-0.25, -0.2) is 4.79 Å². The summed E-state index contributed by atoms with van der Waals surface area (Å²) >= 11 is 0. The molecule has 5 unspecified atom stereocenters. The Morgan fingerprint density at radius 1 is 1.39 bits per heavy atom. The molecule has 1 aliphatic heterocycles. The van der Waals surface area contributed by atoms with E-state index in [2.05, 4.69) is 20.1 Å². The topological polar surface area (TPSA) is 35.5 Å². The number of fused-ring (bicyclic) bond motifs is 2. The van der Waals surface area contributed by atoms with Crippen LogP contribution in [0, 0.1) is 17.8 Å². The van der Waals surface area contributed by atoms with E-state index in [-0.39, 0.29) is 18.2 Å². The molecule has 0 radical (unpaired) electrons. The van der Waals surface area contributed by atoms with Crippen LogP contribution in [-0.2, 0) is 14.3 Å². The van der Waals surface area contributed by atoms with Gasteiger partial charge in [0.15, 0.2) is 0 Å². The maximum Gasteiger partial charge on any atom is 0.330 e. The Balaban J connectivity index is 2.19. The van der Waals surface area contributed by atoms with E-state index in [1.807, 2.05) is 6.92 Å². The van der Waals surface area contributed by atoms with Crippen molar-refractivity contribution in [3.8, 4) is 0 Å². The Morgan fingerprint density at radius 3 is 2.78 bits per heavy atom. The highest BCUT2D eigenvalue weighted by Crippen LogP contribution is 2.43. The molecule has 1 heterocycles. The molecule has 18 heavy (non-hydrogen) atoms.